The van der Waals surface area contributed by atoms with Gasteiger partial charge in [-0.3, -0.25) is 4.79 Å². The van der Waals surface area contributed by atoms with E-state index in [0.29, 0.717) is 18.1 Å². The van der Waals surface area contributed by atoms with Crippen molar-refractivity contribution >= 4 is 5.91 Å². The summed E-state index contributed by atoms with van der Waals surface area (Å²) in [6.45, 7) is 2.40. The summed E-state index contributed by atoms with van der Waals surface area (Å²) >= 11 is 0. The molecule has 0 aromatic carbocycles. The van der Waals surface area contributed by atoms with Crippen LogP contribution >= 0.6 is 0 Å². The molecule has 0 fully saturated rings. The van der Waals surface area contributed by atoms with Crippen LogP contribution in [0.2, 0.25) is 0 Å². The van der Waals surface area contributed by atoms with Crippen molar-refractivity contribution in [3.8, 4) is 0 Å². The Balaban J connectivity index is 1.75. The van der Waals surface area contributed by atoms with E-state index in [1.165, 1.54) is 37.5 Å². The average Bonchev–Trinajstić information content (AvgIpc) is 2.77. The van der Waals surface area contributed by atoms with E-state index in [0.717, 1.165) is 6.42 Å². The Labute approximate surface area is 101 Å². The van der Waals surface area contributed by atoms with Gasteiger partial charge in [0.2, 0.25) is 0 Å². The van der Waals surface area contributed by atoms with Crippen LogP contribution in [0.3, 0.4) is 0 Å². The van der Waals surface area contributed by atoms with Gasteiger partial charge in [0.25, 0.3) is 5.91 Å². The Morgan fingerprint density at radius 3 is 3.06 bits per heavy atom. The van der Waals surface area contributed by atoms with Crippen LogP contribution < -0.4 is 5.32 Å². The number of hydrogen-bond donors (Lipinski definition) is 1. The first-order valence-electron chi connectivity index (χ1n) is 6.14. The van der Waals surface area contributed by atoms with Gasteiger partial charge in [-0.25, -0.2) is 4.98 Å². The van der Waals surface area contributed by atoms with Gasteiger partial charge >= 0.3 is 0 Å². The van der Waals surface area contributed by atoms with Gasteiger partial charge in [-0.2, -0.15) is 0 Å². The summed E-state index contributed by atoms with van der Waals surface area (Å²) in [4.78, 5) is 15.6. The van der Waals surface area contributed by atoms with Crippen LogP contribution in [-0.4, -0.2) is 17.4 Å². The molecule has 0 bridgehead atoms. The molecule has 92 valence electrons. The van der Waals surface area contributed by atoms with Crippen LogP contribution in [0.1, 0.15) is 48.5 Å². The molecule has 0 unspecified atom stereocenters. The summed E-state index contributed by atoms with van der Waals surface area (Å²) in [5.41, 5.74) is 1.83. The Morgan fingerprint density at radius 1 is 1.53 bits per heavy atom. The standard InChI is InChI=1S/C13H18N2O2/c1-10-15-12(9-17-10)13(16)14-8-7-11-5-3-2-4-6-11/h5,9H,2-4,6-8H2,1H3,(H,14,16). The summed E-state index contributed by atoms with van der Waals surface area (Å²) in [6.07, 6.45) is 9.59. The molecule has 0 radical (unpaired) electrons. The third kappa shape index (κ3) is 3.44. The summed E-state index contributed by atoms with van der Waals surface area (Å²) < 4.78 is 5.00. The molecule has 1 aromatic heterocycles. The quantitative estimate of drug-likeness (QED) is 0.815. The predicted molar refractivity (Wildman–Crippen MR) is 64.7 cm³/mol. The fourth-order valence-electron chi connectivity index (χ4n) is 2.03. The van der Waals surface area contributed by atoms with E-state index in [9.17, 15) is 4.79 Å². The molecule has 4 heteroatoms. The zero-order valence-corrected chi connectivity index (χ0v) is 10.2. The molecular formula is C13H18N2O2. The van der Waals surface area contributed by atoms with Crippen molar-refractivity contribution in [3.63, 3.8) is 0 Å². The van der Waals surface area contributed by atoms with Crippen molar-refractivity contribution in [2.45, 2.75) is 39.0 Å². The largest absolute Gasteiger partial charge is 0.448 e. The zero-order valence-electron chi connectivity index (χ0n) is 10.2. The maximum Gasteiger partial charge on any atom is 0.273 e. The lowest BCUT2D eigenvalue weighted by Crippen LogP contribution is -2.25. The molecule has 17 heavy (non-hydrogen) atoms. The molecule has 0 saturated carbocycles. The van der Waals surface area contributed by atoms with Crippen molar-refractivity contribution in [3.05, 3.63) is 29.5 Å². The highest BCUT2D eigenvalue weighted by atomic mass is 16.3. The Morgan fingerprint density at radius 2 is 2.41 bits per heavy atom. The second-order valence-corrected chi connectivity index (χ2v) is 4.37. The number of hydrogen-bond acceptors (Lipinski definition) is 3. The summed E-state index contributed by atoms with van der Waals surface area (Å²) in [7, 11) is 0. The van der Waals surface area contributed by atoms with E-state index in [1.54, 1.807) is 6.92 Å². The minimum Gasteiger partial charge on any atom is -0.448 e. The molecule has 0 atom stereocenters. The van der Waals surface area contributed by atoms with Gasteiger partial charge in [0.1, 0.15) is 6.26 Å². The fourth-order valence-corrected chi connectivity index (χ4v) is 2.03. The van der Waals surface area contributed by atoms with Gasteiger partial charge in [-0.15, -0.1) is 0 Å². The van der Waals surface area contributed by atoms with Gasteiger partial charge in [-0.05, 0) is 32.1 Å². The summed E-state index contributed by atoms with van der Waals surface area (Å²) in [5.74, 6) is 0.364. The Bertz CT molecular complexity index is 421. The number of nitrogens with one attached hydrogen (secondary N) is 1. The molecule has 0 saturated heterocycles. The van der Waals surface area contributed by atoms with Gasteiger partial charge < -0.3 is 9.73 Å². The van der Waals surface area contributed by atoms with Crippen LogP contribution in [0, 0.1) is 6.92 Å². The highest BCUT2D eigenvalue weighted by Gasteiger charge is 2.10. The molecule has 1 heterocycles. The van der Waals surface area contributed by atoms with Gasteiger partial charge in [0, 0.05) is 13.5 Å². The predicted octanol–water partition coefficient (Wildman–Crippen LogP) is 2.60. The second-order valence-electron chi connectivity index (χ2n) is 4.37. The summed E-state index contributed by atoms with van der Waals surface area (Å²) in [6, 6.07) is 0. The Kier molecular flexibility index (Phi) is 3.96. The topological polar surface area (TPSA) is 55.1 Å². The lowest BCUT2D eigenvalue weighted by molar-refractivity contribution is 0.0949. The van der Waals surface area contributed by atoms with Crippen molar-refractivity contribution in [2.24, 2.45) is 0 Å². The van der Waals surface area contributed by atoms with Crippen LogP contribution in [-0.2, 0) is 0 Å². The minimum absolute atomic E-state index is 0.154. The zero-order chi connectivity index (χ0) is 12.1. The smallest absolute Gasteiger partial charge is 0.273 e. The number of carbonyl (C=O) groups excluding carboxylic acids is 1. The first kappa shape index (κ1) is 11.9. The van der Waals surface area contributed by atoms with Crippen LogP contribution in [0.4, 0.5) is 0 Å². The molecule has 1 N–H and O–H groups in total. The van der Waals surface area contributed by atoms with Crippen molar-refractivity contribution < 1.29 is 9.21 Å². The lowest BCUT2D eigenvalue weighted by atomic mass is 9.97. The molecule has 2 rings (SSSR count). The van der Waals surface area contributed by atoms with Crippen LogP contribution in [0.5, 0.6) is 0 Å². The molecule has 0 aliphatic heterocycles. The number of aryl methyl sites for hydroxylation is 1. The Hall–Kier alpha value is -1.58. The van der Waals surface area contributed by atoms with Gasteiger partial charge in [0.05, 0.1) is 0 Å². The highest BCUT2D eigenvalue weighted by molar-refractivity contribution is 5.91. The monoisotopic (exact) mass is 234 g/mol. The molecule has 1 aliphatic rings. The first-order valence-corrected chi connectivity index (χ1v) is 6.14. The van der Waals surface area contributed by atoms with E-state index in [-0.39, 0.29) is 5.91 Å². The van der Waals surface area contributed by atoms with E-state index in [4.69, 9.17) is 4.42 Å². The van der Waals surface area contributed by atoms with Crippen molar-refractivity contribution in [1.82, 2.24) is 10.3 Å². The number of carbonyl (C=O) groups is 1. The van der Waals surface area contributed by atoms with Crippen molar-refractivity contribution in [1.29, 1.82) is 0 Å². The van der Waals surface area contributed by atoms with E-state index >= 15 is 0 Å². The van der Waals surface area contributed by atoms with Crippen molar-refractivity contribution in [2.75, 3.05) is 6.54 Å². The maximum atomic E-state index is 11.6. The van der Waals surface area contributed by atoms with Gasteiger partial charge in [-0.1, -0.05) is 11.6 Å². The SMILES string of the molecule is Cc1nc(C(=O)NCCC2=CCCCC2)co1. The third-order valence-electron chi connectivity index (χ3n) is 2.97. The normalized spacial score (nSPS) is 15.5. The number of rotatable bonds is 4. The maximum absolute atomic E-state index is 11.6. The van der Waals surface area contributed by atoms with Crippen LogP contribution in [0.25, 0.3) is 0 Å². The van der Waals surface area contributed by atoms with E-state index in [1.807, 2.05) is 0 Å². The number of aromatic nitrogens is 1. The number of nitrogens with zero attached hydrogens (tertiary/aromatic N) is 1. The summed E-state index contributed by atoms with van der Waals surface area (Å²) in [5, 5.41) is 2.86. The van der Waals surface area contributed by atoms with E-state index < -0.39 is 0 Å². The number of oxazole rings is 1. The molecule has 1 aromatic rings. The highest BCUT2D eigenvalue weighted by Crippen LogP contribution is 2.19. The second kappa shape index (κ2) is 5.66. The molecule has 0 spiro atoms. The van der Waals surface area contributed by atoms with E-state index in [2.05, 4.69) is 16.4 Å². The fraction of sp³-hybridized carbons (Fsp3) is 0.538. The molecule has 4 nitrogen and oxygen atoms in total. The van der Waals surface area contributed by atoms with Crippen LogP contribution in [0.15, 0.2) is 22.3 Å². The molecule has 1 aliphatic carbocycles. The third-order valence-corrected chi connectivity index (χ3v) is 2.97. The number of amides is 1. The molecular weight excluding hydrogens is 216 g/mol. The molecule has 1 amide bonds. The minimum atomic E-state index is -0.154. The van der Waals surface area contributed by atoms with Gasteiger partial charge in [0.15, 0.2) is 11.6 Å². The number of allylic oxidation sites excluding steroid dienone is 1. The lowest BCUT2D eigenvalue weighted by Gasteiger charge is -2.12. The average molecular weight is 234 g/mol. The first-order chi connectivity index (χ1) is 8.25.